The van der Waals surface area contributed by atoms with Gasteiger partial charge in [0.1, 0.15) is 11.9 Å². The molecule has 1 unspecified atom stereocenters. The van der Waals surface area contributed by atoms with E-state index in [1.165, 1.54) is 19.3 Å². The Morgan fingerprint density at radius 2 is 2.14 bits per heavy atom. The highest BCUT2D eigenvalue weighted by molar-refractivity contribution is 6.28. The van der Waals surface area contributed by atoms with E-state index in [-0.39, 0.29) is 0 Å². The normalized spacial score (nSPS) is 13.1. The SMILES string of the molecule is CCCCCCC(O)c1ccc(Cl)o1. The summed E-state index contributed by atoms with van der Waals surface area (Å²) in [4.78, 5) is 0. The van der Waals surface area contributed by atoms with Gasteiger partial charge in [-0.05, 0) is 30.2 Å². The summed E-state index contributed by atoms with van der Waals surface area (Å²) in [6, 6.07) is 3.39. The van der Waals surface area contributed by atoms with Crippen LogP contribution in [0.15, 0.2) is 16.5 Å². The summed E-state index contributed by atoms with van der Waals surface area (Å²) in [6.07, 6.45) is 4.90. The summed E-state index contributed by atoms with van der Waals surface area (Å²) in [5.74, 6) is 0.575. The van der Waals surface area contributed by atoms with Gasteiger partial charge in [-0.3, -0.25) is 0 Å². The molecule has 0 saturated carbocycles. The Hall–Kier alpha value is -0.470. The first-order valence-corrected chi connectivity index (χ1v) is 5.55. The van der Waals surface area contributed by atoms with Crippen LogP contribution in [0, 0.1) is 0 Å². The fraction of sp³-hybridized carbons (Fsp3) is 0.636. The van der Waals surface area contributed by atoms with Crippen molar-refractivity contribution in [3.8, 4) is 0 Å². The summed E-state index contributed by atoms with van der Waals surface area (Å²) in [7, 11) is 0. The van der Waals surface area contributed by atoms with Crippen molar-refractivity contribution < 1.29 is 9.52 Å². The second-order valence-corrected chi connectivity index (χ2v) is 3.88. The fourth-order valence-corrected chi connectivity index (χ4v) is 1.57. The van der Waals surface area contributed by atoms with Gasteiger partial charge in [0.25, 0.3) is 0 Å². The first kappa shape index (κ1) is 11.6. The maximum Gasteiger partial charge on any atom is 0.193 e. The number of unbranched alkanes of at least 4 members (excludes halogenated alkanes) is 3. The lowest BCUT2D eigenvalue weighted by molar-refractivity contribution is 0.137. The highest BCUT2D eigenvalue weighted by Crippen LogP contribution is 2.23. The van der Waals surface area contributed by atoms with E-state index in [0.29, 0.717) is 11.0 Å². The van der Waals surface area contributed by atoms with Crippen LogP contribution in [0.5, 0.6) is 0 Å². The van der Waals surface area contributed by atoms with Gasteiger partial charge in [-0.1, -0.05) is 32.6 Å². The number of hydrogen-bond donors (Lipinski definition) is 1. The van der Waals surface area contributed by atoms with Crippen LogP contribution < -0.4 is 0 Å². The molecule has 0 bridgehead atoms. The molecule has 0 fully saturated rings. The molecule has 0 radical (unpaired) electrons. The lowest BCUT2D eigenvalue weighted by Gasteiger charge is -2.06. The molecule has 0 spiro atoms. The Kier molecular flexibility index (Phi) is 5.05. The molecule has 1 aromatic rings. The zero-order valence-corrected chi connectivity index (χ0v) is 9.26. The van der Waals surface area contributed by atoms with Gasteiger partial charge in [0.2, 0.25) is 0 Å². The van der Waals surface area contributed by atoms with E-state index in [9.17, 15) is 5.11 Å². The minimum absolute atomic E-state index is 0.340. The van der Waals surface area contributed by atoms with Crippen molar-refractivity contribution >= 4 is 11.6 Å². The molecule has 1 heterocycles. The molecule has 3 heteroatoms. The number of halogens is 1. The highest BCUT2D eigenvalue weighted by Gasteiger charge is 2.10. The van der Waals surface area contributed by atoms with Gasteiger partial charge in [0.15, 0.2) is 5.22 Å². The summed E-state index contributed by atoms with van der Waals surface area (Å²) < 4.78 is 5.12. The number of aliphatic hydroxyl groups is 1. The minimum atomic E-state index is -0.501. The summed E-state index contributed by atoms with van der Waals surface area (Å²) in [5, 5.41) is 10.0. The van der Waals surface area contributed by atoms with E-state index in [1.807, 2.05) is 0 Å². The number of furan rings is 1. The van der Waals surface area contributed by atoms with Crippen LogP contribution in [0.1, 0.15) is 50.9 Å². The topological polar surface area (TPSA) is 33.4 Å². The molecule has 1 rings (SSSR count). The summed E-state index contributed by atoms with van der Waals surface area (Å²) in [6.45, 7) is 2.17. The Morgan fingerprint density at radius 3 is 2.71 bits per heavy atom. The molecule has 0 aromatic carbocycles. The molecule has 2 nitrogen and oxygen atoms in total. The Balaban J connectivity index is 2.25. The van der Waals surface area contributed by atoms with Gasteiger partial charge in [-0.2, -0.15) is 0 Å². The van der Waals surface area contributed by atoms with Crippen LogP contribution in [-0.4, -0.2) is 5.11 Å². The molecule has 0 amide bonds. The van der Waals surface area contributed by atoms with Gasteiger partial charge in [0.05, 0.1) is 0 Å². The third kappa shape index (κ3) is 3.72. The van der Waals surface area contributed by atoms with Crippen LogP contribution in [0.2, 0.25) is 5.22 Å². The zero-order chi connectivity index (χ0) is 10.4. The highest BCUT2D eigenvalue weighted by atomic mass is 35.5. The Morgan fingerprint density at radius 1 is 1.36 bits per heavy atom. The van der Waals surface area contributed by atoms with Crippen molar-refractivity contribution in [1.29, 1.82) is 0 Å². The van der Waals surface area contributed by atoms with Crippen LogP contribution >= 0.6 is 11.6 Å². The second-order valence-electron chi connectivity index (χ2n) is 3.51. The van der Waals surface area contributed by atoms with Crippen molar-refractivity contribution in [2.24, 2.45) is 0 Å². The molecular formula is C11H17ClO2. The van der Waals surface area contributed by atoms with E-state index < -0.39 is 6.10 Å². The standard InChI is InChI=1S/C11H17ClO2/c1-2-3-4-5-6-9(13)10-7-8-11(12)14-10/h7-9,13H,2-6H2,1H3. The lowest BCUT2D eigenvalue weighted by atomic mass is 10.1. The second kappa shape index (κ2) is 6.10. The average Bonchev–Trinajstić information content (AvgIpc) is 2.59. The third-order valence-electron chi connectivity index (χ3n) is 2.25. The fourth-order valence-electron chi connectivity index (χ4n) is 1.41. The third-order valence-corrected chi connectivity index (χ3v) is 2.46. The molecule has 1 aromatic heterocycles. The van der Waals surface area contributed by atoms with E-state index in [4.69, 9.17) is 16.0 Å². The molecule has 1 atom stereocenters. The molecule has 0 aliphatic heterocycles. The number of hydrogen-bond acceptors (Lipinski definition) is 2. The van der Waals surface area contributed by atoms with Crippen molar-refractivity contribution in [3.63, 3.8) is 0 Å². The first-order valence-electron chi connectivity index (χ1n) is 5.17. The maximum absolute atomic E-state index is 9.68. The molecular weight excluding hydrogens is 200 g/mol. The largest absolute Gasteiger partial charge is 0.447 e. The van der Waals surface area contributed by atoms with Crippen LogP contribution in [0.3, 0.4) is 0 Å². The predicted molar refractivity (Wildman–Crippen MR) is 57.4 cm³/mol. The van der Waals surface area contributed by atoms with Crippen LogP contribution in [0.25, 0.3) is 0 Å². The number of rotatable bonds is 6. The predicted octanol–water partition coefficient (Wildman–Crippen LogP) is 3.94. The number of aliphatic hydroxyl groups excluding tert-OH is 1. The first-order chi connectivity index (χ1) is 6.74. The zero-order valence-electron chi connectivity index (χ0n) is 8.50. The lowest BCUT2D eigenvalue weighted by Crippen LogP contribution is -1.95. The summed E-state index contributed by atoms with van der Waals surface area (Å²) >= 11 is 5.61. The van der Waals surface area contributed by atoms with Crippen LogP contribution in [-0.2, 0) is 0 Å². The van der Waals surface area contributed by atoms with Crippen molar-refractivity contribution in [2.75, 3.05) is 0 Å². The van der Waals surface area contributed by atoms with Crippen molar-refractivity contribution in [1.82, 2.24) is 0 Å². The van der Waals surface area contributed by atoms with E-state index in [0.717, 1.165) is 12.8 Å². The Labute approximate surface area is 89.9 Å². The van der Waals surface area contributed by atoms with E-state index in [2.05, 4.69) is 6.92 Å². The minimum Gasteiger partial charge on any atom is -0.447 e. The maximum atomic E-state index is 9.68. The van der Waals surface area contributed by atoms with Crippen molar-refractivity contribution in [2.45, 2.75) is 45.1 Å². The van der Waals surface area contributed by atoms with Gasteiger partial charge >= 0.3 is 0 Å². The average molecular weight is 217 g/mol. The van der Waals surface area contributed by atoms with E-state index in [1.54, 1.807) is 12.1 Å². The molecule has 0 aliphatic rings. The van der Waals surface area contributed by atoms with Gasteiger partial charge < -0.3 is 9.52 Å². The van der Waals surface area contributed by atoms with Crippen molar-refractivity contribution in [3.05, 3.63) is 23.1 Å². The Bertz CT molecular complexity index is 258. The van der Waals surface area contributed by atoms with E-state index >= 15 is 0 Å². The van der Waals surface area contributed by atoms with Gasteiger partial charge in [-0.15, -0.1) is 0 Å². The molecule has 0 aliphatic carbocycles. The summed E-state index contributed by atoms with van der Waals surface area (Å²) in [5.41, 5.74) is 0. The molecule has 0 saturated heterocycles. The molecule has 1 N–H and O–H groups in total. The molecule has 14 heavy (non-hydrogen) atoms. The quantitative estimate of drug-likeness (QED) is 0.731. The van der Waals surface area contributed by atoms with Gasteiger partial charge in [-0.25, -0.2) is 0 Å². The van der Waals surface area contributed by atoms with Gasteiger partial charge in [0, 0.05) is 0 Å². The van der Waals surface area contributed by atoms with Crippen LogP contribution in [0.4, 0.5) is 0 Å². The molecule has 80 valence electrons. The smallest absolute Gasteiger partial charge is 0.193 e. The monoisotopic (exact) mass is 216 g/mol.